The largest absolute Gasteiger partial charge is 0.333 e. The molecule has 1 atom stereocenters. The Morgan fingerprint density at radius 3 is 2.65 bits per heavy atom. The molecule has 0 radical (unpaired) electrons. The van der Waals surface area contributed by atoms with E-state index in [1.54, 1.807) is 0 Å². The topological polar surface area (TPSA) is 43.8 Å². The quantitative estimate of drug-likeness (QED) is 0.790. The summed E-state index contributed by atoms with van der Waals surface area (Å²) in [4.78, 5) is 4.24. The van der Waals surface area contributed by atoms with Crippen LogP contribution in [0.3, 0.4) is 0 Å². The van der Waals surface area contributed by atoms with Gasteiger partial charge in [-0.3, -0.25) is 0 Å². The van der Waals surface area contributed by atoms with Crippen molar-refractivity contribution in [3.05, 3.63) is 18.2 Å². The summed E-state index contributed by atoms with van der Waals surface area (Å²) in [5.41, 5.74) is 6.98. The molecule has 1 aromatic heterocycles. The van der Waals surface area contributed by atoms with Crippen molar-refractivity contribution in [2.75, 3.05) is 0 Å². The van der Waals surface area contributed by atoms with Gasteiger partial charge in [-0.05, 0) is 26.2 Å². The third-order valence-electron chi connectivity index (χ3n) is 3.37. The molecule has 1 unspecified atom stereocenters. The van der Waals surface area contributed by atoms with E-state index in [1.807, 2.05) is 26.4 Å². The molecular weight excluding hydrogens is 210 g/mol. The number of nitrogens with zero attached hydrogens (tertiary/aromatic N) is 2. The lowest BCUT2D eigenvalue weighted by atomic mass is 9.98. The van der Waals surface area contributed by atoms with Crippen molar-refractivity contribution in [2.45, 2.75) is 65.5 Å². The standard InChI is InChI=1S/C14H27N3/c1-5-7-8-12(6-2)10-17-11-16-9-13(17)14(3,4)15/h9,11-12H,5-8,10,15H2,1-4H3. The van der Waals surface area contributed by atoms with Crippen LogP contribution in [0.25, 0.3) is 0 Å². The molecule has 0 fully saturated rings. The van der Waals surface area contributed by atoms with E-state index >= 15 is 0 Å². The number of hydrogen-bond donors (Lipinski definition) is 1. The summed E-state index contributed by atoms with van der Waals surface area (Å²) in [7, 11) is 0. The van der Waals surface area contributed by atoms with Gasteiger partial charge >= 0.3 is 0 Å². The molecule has 0 aromatic carbocycles. The molecule has 1 aromatic rings. The van der Waals surface area contributed by atoms with Crippen LogP contribution in [0, 0.1) is 5.92 Å². The molecule has 0 bridgehead atoms. The highest BCUT2D eigenvalue weighted by molar-refractivity contribution is 5.09. The van der Waals surface area contributed by atoms with Gasteiger partial charge in [0.1, 0.15) is 0 Å². The molecule has 0 amide bonds. The molecule has 0 aliphatic carbocycles. The van der Waals surface area contributed by atoms with Crippen molar-refractivity contribution in [2.24, 2.45) is 11.7 Å². The van der Waals surface area contributed by atoms with Crippen molar-refractivity contribution in [3.8, 4) is 0 Å². The summed E-state index contributed by atoms with van der Waals surface area (Å²) < 4.78 is 2.23. The highest BCUT2D eigenvalue weighted by Crippen LogP contribution is 2.20. The average molecular weight is 237 g/mol. The fourth-order valence-electron chi connectivity index (χ4n) is 2.20. The van der Waals surface area contributed by atoms with Gasteiger partial charge in [0.05, 0.1) is 17.6 Å². The zero-order valence-electron chi connectivity index (χ0n) is 11.7. The van der Waals surface area contributed by atoms with Crippen LogP contribution in [-0.4, -0.2) is 9.55 Å². The van der Waals surface area contributed by atoms with Gasteiger partial charge in [-0.2, -0.15) is 0 Å². The van der Waals surface area contributed by atoms with Gasteiger partial charge in [0.2, 0.25) is 0 Å². The molecule has 0 spiro atoms. The van der Waals surface area contributed by atoms with Crippen molar-refractivity contribution >= 4 is 0 Å². The molecule has 3 nitrogen and oxygen atoms in total. The first-order chi connectivity index (χ1) is 7.99. The van der Waals surface area contributed by atoms with E-state index in [2.05, 4.69) is 23.4 Å². The lowest BCUT2D eigenvalue weighted by molar-refractivity contribution is 0.370. The van der Waals surface area contributed by atoms with Gasteiger partial charge in [0, 0.05) is 12.7 Å². The van der Waals surface area contributed by atoms with Crippen LogP contribution in [0.5, 0.6) is 0 Å². The van der Waals surface area contributed by atoms with E-state index in [0.717, 1.165) is 18.2 Å². The molecular formula is C14H27N3. The Balaban J connectivity index is 2.70. The van der Waals surface area contributed by atoms with Crippen LogP contribution in [0.4, 0.5) is 0 Å². The number of nitrogens with two attached hydrogens (primary N) is 1. The van der Waals surface area contributed by atoms with Crippen molar-refractivity contribution in [1.29, 1.82) is 0 Å². The van der Waals surface area contributed by atoms with Gasteiger partial charge in [0.25, 0.3) is 0 Å². The Morgan fingerprint density at radius 1 is 1.41 bits per heavy atom. The molecule has 3 heteroatoms. The number of rotatable bonds is 7. The molecule has 0 saturated heterocycles. The van der Waals surface area contributed by atoms with Crippen LogP contribution < -0.4 is 5.73 Å². The van der Waals surface area contributed by atoms with Crippen molar-refractivity contribution in [1.82, 2.24) is 9.55 Å². The Morgan fingerprint density at radius 2 is 2.12 bits per heavy atom. The first kappa shape index (κ1) is 14.2. The second kappa shape index (κ2) is 6.20. The average Bonchev–Trinajstić information content (AvgIpc) is 2.71. The van der Waals surface area contributed by atoms with E-state index in [-0.39, 0.29) is 5.54 Å². The molecule has 0 saturated carbocycles. The zero-order valence-corrected chi connectivity index (χ0v) is 11.7. The highest BCUT2D eigenvalue weighted by Gasteiger charge is 2.20. The minimum Gasteiger partial charge on any atom is -0.333 e. The third-order valence-corrected chi connectivity index (χ3v) is 3.37. The first-order valence-corrected chi connectivity index (χ1v) is 6.78. The van der Waals surface area contributed by atoms with Crippen LogP contribution in [0.2, 0.25) is 0 Å². The highest BCUT2D eigenvalue weighted by atomic mass is 15.1. The van der Waals surface area contributed by atoms with Gasteiger partial charge in [-0.25, -0.2) is 4.98 Å². The SMILES string of the molecule is CCCCC(CC)Cn1cncc1C(C)(C)N. The summed E-state index contributed by atoms with van der Waals surface area (Å²) in [5, 5.41) is 0. The normalized spacial score (nSPS) is 13.9. The summed E-state index contributed by atoms with van der Waals surface area (Å²) in [6.45, 7) is 9.64. The smallest absolute Gasteiger partial charge is 0.0948 e. The van der Waals surface area contributed by atoms with Crippen LogP contribution >= 0.6 is 0 Å². The Bertz CT molecular complexity index is 322. The van der Waals surface area contributed by atoms with E-state index < -0.39 is 0 Å². The van der Waals surface area contributed by atoms with Gasteiger partial charge in [-0.15, -0.1) is 0 Å². The van der Waals surface area contributed by atoms with Gasteiger partial charge < -0.3 is 10.3 Å². The summed E-state index contributed by atoms with van der Waals surface area (Å²) in [5.74, 6) is 0.741. The van der Waals surface area contributed by atoms with Crippen LogP contribution in [0.15, 0.2) is 12.5 Å². The molecule has 2 N–H and O–H groups in total. The number of hydrogen-bond acceptors (Lipinski definition) is 2. The van der Waals surface area contributed by atoms with E-state index in [9.17, 15) is 0 Å². The van der Waals surface area contributed by atoms with Crippen LogP contribution in [0.1, 0.15) is 59.1 Å². The summed E-state index contributed by atoms with van der Waals surface area (Å²) in [6.07, 6.45) is 8.92. The van der Waals surface area contributed by atoms with E-state index in [1.165, 1.54) is 25.7 Å². The fraction of sp³-hybridized carbons (Fsp3) is 0.786. The fourth-order valence-corrected chi connectivity index (χ4v) is 2.20. The Labute approximate surface area is 105 Å². The molecule has 1 rings (SSSR count). The molecule has 1 heterocycles. The van der Waals surface area contributed by atoms with Crippen molar-refractivity contribution in [3.63, 3.8) is 0 Å². The number of aromatic nitrogens is 2. The minimum atomic E-state index is -0.306. The maximum atomic E-state index is 6.16. The predicted octanol–water partition coefficient (Wildman–Crippen LogP) is 3.29. The molecule has 17 heavy (non-hydrogen) atoms. The second-order valence-corrected chi connectivity index (χ2v) is 5.57. The maximum Gasteiger partial charge on any atom is 0.0948 e. The maximum absolute atomic E-state index is 6.16. The van der Waals surface area contributed by atoms with E-state index in [0.29, 0.717) is 0 Å². The summed E-state index contributed by atoms with van der Waals surface area (Å²) >= 11 is 0. The number of imidazole rings is 1. The third kappa shape index (κ3) is 4.15. The monoisotopic (exact) mass is 237 g/mol. The van der Waals surface area contributed by atoms with Gasteiger partial charge in [-0.1, -0.05) is 33.1 Å². The summed E-state index contributed by atoms with van der Waals surface area (Å²) in [6, 6.07) is 0. The first-order valence-electron chi connectivity index (χ1n) is 6.78. The lowest BCUT2D eigenvalue weighted by Crippen LogP contribution is -2.32. The molecule has 98 valence electrons. The van der Waals surface area contributed by atoms with Crippen LogP contribution in [-0.2, 0) is 12.1 Å². The molecule has 0 aliphatic rings. The van der Waals surface area contributed by atoms with E-state index in [4.69, 9.17) is 5.73 Å². The predicted molar refractivity (Wildman–Crippen MR) is 72.7 cm³/mol. The Hall–Kier alpha value is -0.830. The Kier molecular flexibility index (Phi) is 5.19. The lowest BCUT2D eigenvalue weighted by Gasteiger charge is -2.23. The minimum absolute atomic E-state index is 0.306. The number of unbranched alkanes of at least 4 members (excludes halogenated alkanes) is 1. The van der Waals surface area contributed by atoms with Gasteiger partial charge in [0.15, 0.2) is 0 Å². The van der Waals surface area contributed by atoms with Crippen molar-refractivity contribution < 1.29 is 0 Å². The zero-order chi connectivity index (χ0) is 12.9. The molecule has 0 aliphatic heterocycles. The second-order valence-electron chi connectivity index (χ2n) is 5.57.